The molecule has 1 aromatic carbocycles. The molecule has 0 saturated heterocycles. The Morgan fingerprint density at radius 1 is 1.40 bits per heavy atom. The Bertz CT molecular complexity index is 362. The summed E-state index contributed by atoms with van der Waals surface area (Å²) in [6.45, 7) is 0.0588. The zero-order valence-corrected chi connectivity index (χ0v) is 8.96. The van der Waals surface area contributed by atoms with Crippen molar-refractivity contribution < 1.29 is 9.53 Å². The van der Waals surface area contributed by atoms with Crippen molar-refractivity contribution >= 4 is 17.4 Å². The maximum Gasteiger partial charge on any atom is 0.171 e. The van der Waals surface area contributed by atoms with Crippen LogP contribution in [0.25, 0.3) is 0 Å². The van der Waals surface area contributed by atoms with Crippen LogP contribution in [0.2, 0.25) is 5.02 Å². The summed E-state index contributed by atoms with van der Waals surface area (Å²) in [5, 5.41) is 0.640. The van der Waals surface area contributed by atoms with Gasteiger partial charge in [-0.05, 0) is 24.3 Å². The van der Waals surface area contributed by atoms with Gasteiger partial charge in [0.15, 0.2) is 5.78 Å². The van der Waals surface area contributed by atoms with Gasteiger partial charge in [-0.15, -0.1) is 12.3 Å². The summed E-state index contributed by atoms with van der Waals surface area (Å²) in [4.78, 5) is 11.2. The summed E-state index contributed by atoms with van der Waals surface area (Å²) in [6, 6.07) is 6.86. The molecule has 0 radical (unpaired) electrons. The zero-order valence-electron chi connectivity index (χ0n) is 8.20. The van der Waals surface area contributed by atoms with Gasteiger partial charge in [0.2, 0.25) is 0 Å². The fourth-order valence-corrected chi connectivity index (χ4v) is 1.10. The van der Waals surface area contributed by atoms with Gasteiger partial charge in [0, 0.05) is 17.9 Å². The van der Waals surface area contributed by atoms with Crippen LogP contribution in [0.5, 0.6) is 5.75 Å². The number of ether oxygens (including phenoxy) is 1. The van der Waals surface area contributed by atoms with Gasteiger partial charge in [-0.2, -0.15) is 0 Å². The quantitative estimate of drug-likeness (QED) is 0.716. The topological polar surface area (TPSA) is 26.3 Å². The number of hydrogen-bond donors (Lipinski definition) is 0. The summed E-state index contributed by atoms with van der Waals surface area (Å²) in [5.74, 6) is 3.05. The van der Waals surface area contributed by atoms with E-state index in [-0.39, 0.29) is 12.4 Å². The molecule has 1 aromatic rings. The van der Waals surface area contributed by atoms with Gasteiger partial charge in [-0.1, -0.05) is 11.6 Å². The van der Waals surface area contributed by atoms with Gasteiger partial charge < -0.3 is 4.74 Å². The first-order chi connectivity index (χ1) is 7.22. The van der Waals surface area contributed by atoms with Gasteiger partial charge in [0.05, 0.1) is 0 Å². The molecule has 2 nitrogen and oxygen atoms in total. The van der Waals surface area contributed by atoms with Crippen LogP contribution in [-0.2, 0) is 4.79 Å². The van der Waals surface area contributed by atoms with Crippen molar-refractivity contribution in [2.24, 2.45) is 0 Å². The van der Waals surface area contributed by atoms with Crippen LogP contribution in [0.3, 0.4) is 0 Å². The Hall–Kier alpha value is -1.46. The third-order valence-corrected chi connectivity index (χ3v) is 2.01. The van der Waals surface area contributed by atoms with Crippen molar-refractivity contribution in [1.82, 2.24) is 0 Å². The molecular formula is C12H11ClO2. The average Bonchev–Trinajstić information content (AvgIpc) is 2.25. The molecule has 0 aliphatic carbocycles. The molecule has 1 rings (SSSR count). The second kappa shape index (κ2) is 6.10. The van der Waals surface area contributed by atoms with Crippen LogP contribution in [0.1, 0.15) is 12.8 Å². The van der Waals surface area contributed by atoms with Gasteiger partial charge in [-0.3, -0.25) is 4.79 Å². The summed E-state index contributed by atoms with van der Waals surface area (Å²) < 4.78 is 5.24. The van der Waals surface area contributed by atoms with Gasteiger partial charge in [0.1, 0.15) is 12.4 Å². The lowest BCUT2D eigenvalue weighted by Gasteiger charge is -2.04. The van der Waals surface area contributed by atoms with E-state index in [0.29, 0.717) is 23.6 Å². The molecule has 0 fully saturated rings. The molecule has 0 aliphatic rings. The van der Waals surface area contributed by atoms with E-state index >= 15 is 0 Å². The lowest BCUT2D eigenvalue weighted by atomic mass is 10.2. The van der Waals surface area contributed by atoms with Crippen LogP contribution in [0.4, 0.5) is 0 Å². The Morgan fingerprint density at radius 3 is 2.67 bits per heavy atom. The maximum atomic E-state index is 11.2. The number of carbonyl (C=O) groups is 1. The minimum atomic E-state index is 0.00269. The van der Waals surface area contributed by atoms with Crippen LogP contribution >= 0.6 is 11.6 Å². The fourth-order valence-electron chi connectivity index (χ4n) is 0.978. The second-order valence-corrected chi connectivity index (χ2v) is 3.42. The molecule has 0 amide bonds. The van der Waals surface area contributed by atoms with Crippen molar-refractivity contribution in [3.8, 4) is 18.1 Å². The molecule has 0 unspecified atom stereocenters. The van der Waals surface area contributed by atoms with Gasteiger partial charge in [-0.25, -0.2) is 0 Å². The van der Waals surface area contributed by atoms with Crippen molar-refractivity contribution in [2.45, 2.75) is 12.8 Å². The fraction of sp³-hybridized carbons (Fsp3) is 0.250. The molecular weight excluding hydrogens is 212 g/mol. The SMILES string of the molecule is C#CCCC(=O)COc1ccc(Cl)cc1. The van der Waals surface area contributed by atoms with E-state index in [4.69, 9.17) is 22.8 Å². The minimum absolute atomic E-state index is 0.00269. The molecule has 0 aromatic heterocycles. The van der Waals surface area contributed by atoms with E-state index < -0.39 is 0 Å². The lowest BCUT2D eigenvalue weighted by molar-refractivity contribution is -0.120. The predicted octanol–water partition coefficient (Wildman–Crippen LogP) is 2.70. The average molecular weight is 223 g/mol. The van der Waals surface area contributed by atoms with Gasteiger partial charge >= 0.3 is 0 Å². The minimum Gasteiger partial charge on any atom is -0.486 e. The van der Waals surface area contributed by atoms with Gasteiger partial charge in [0.25, 0.3) is 0 Å². The lowest BCUT2D eigenvalue weighted by Crippen LogP contribution is -2.10. The zero-order chi connectivity index (χ0) is 11.1. The molecule has 0 spiro atoms. The maximum absolute atomic E-state index is 11.2. The van der Waals surface area contributed by atoms with E-state index in [2.05, 4.69) is 5.92 Å². The molecule has 0 N–H and O–H groups in total. The highest BCUT2D eigenvalue weighted by atomic mass is 35.5. The number of carbonyl (C=O) groups excluding carboxylic acids is 1. The van der Waals surface area contributed by atoms with E-state index in [1.54, 1.807) is 24.3 Å². The number of benzene rings is 1. The highest BCUT2D eigenvalue weighted by Crippen LogP contribution is 2.15. The van der Waals surface area contributed by atoms with E-state index in [1.807, 2.05) is 0 Å². The molecule has 0 heterocycles. The molecule has 15 heavy (non-hydrogen) atoms. The summed E-state index contributed by atoms with van der Waals surface area (Å²) in [5.41, 5.74) is 0. The van der Waals surface area contributed by atoms with Crippen molar-refractivity contribution in [3.05, 3.63) is 29.3 Å². The van der Waals surface area contributed by atoms with Crippen LogP contribution in [0.15, 0.2) is 24.3 Å². The standard InChI is InChI=1S/C12H11ClO2/c1-2-3-4-11(14)9-15-12-7-5-10(13)6-8-12/h1,5-8H,3-4,9H2. The summed E-state index contributed by atoms with van der Waals surface area (Å²) in [6.07, 6.45) is 5.87. The van der Waals surface area contributed by atoms with Crippen molar-refractivity contribution in [1.29, 1.82) is 0 Å². The second-order valence-electron chi connectivity index (χ2n) is 2.99. The number of halogens is 1. The predicted molar refractivity (Wildman–Crippen MR) is 60.0 cm³/mol. The van der Waals surface area contributed by atoms with Crippen LogP contribution in [0, 0.1) is 12.3 Å². The third kappa shape index (κ3) is 4.53. The number of terminal acetylenes is 1. The Labute approximate surface area is 94.2 Å². The first kappa shape index (κ1) is 11.6. The van der Waals surface area contributed by atoms with Crippen LogP contribution in [-0.4, -0.2) is 12.4 Å². The third-order valence-electron chi connectivity index (χ3n) is 1.76. The number of rotatable bonds is 5. The Kier molecular flexibility index (Phi) is 4.73. The largest absolute Gasteiger partial charge is 0.486 e. The van der Waals surface area contributed by atoms with Crippen molar-refractivity contribution in [3.63, 3.8) is 0 Å². The van der Waals surface area contributed by atoms with E-state index in [9.17, 15) is 4.79 Å². The molecule has 0 atom stereocenters. The smallest absolute Gasteiger partial charge is 0.171 e. The first-order valence-electron chi connectivity index (χ1n) is 4.56. The molecule has 0 aliphatic heterocycles. The molecule has 3 heteroatoms. The van der Waals surface area contributed by atoms with E-state index in [0.717, 1.165) is 0 Å². The monoisotopic (exact) mass is 222 g/mol. The Balaban J connectivity index is 2.34. The molecule has 0 bridgehead atoms. The number of ketones is 1. The first-order valence-corrected chi connectivity index (χ1v) is 4.93. The Morgan fingerprint density at radius 2 is 2.07 bits per heavy atom. The number of hydrogen-bond acceptors (Lipinski definition) is 2. The van der Waals surface area contributed by atoms with E-state index in [1.165, 1.54) is 0 Å². The van der Waals surface area contributed by atoms with Crippen molar-refractivity contribution in [2.75, 3.05) is 6.61 Å². The highest BCUT2D eigenvalue weighted by Gasteiger charge is 2.01. The highest BCUT2D eigenvalue weighted by molar-refractivity contribution is 6.30. The summed E-state index contributed by atoms with van der Waals surface area (Å²) >= 11 is 5.70. The molecule has 0 saturated carbocycles. The summed E-state index contributed by atoms with van der Waals surface area (Å²) in [7, 11) is 0. The molecule has 78 valence electrons. The number of Topliss-reactive ketones (excluding diaryl/α,β-unsaturated/α-hetero) is 1. The van der Waals surface area contributed by atoms with Crippen LogP contribution < -0.4 is 4.74 Å². The normalized spacial score (nSPS) is 9.33.